The van der Waals surface area contributed by atoms with Gasteiger partial charge in [-0.15, -0.1) is 0 Å². The maximum atomic E-state index is 10.3. The molecule has 58 valence electrons. The topological polar surface area (TPSA) is 49.3 Å². The molecule has 1 aliphatic rings. The van der Waals surface area contributed by atoms with Crippen LogP contribution >= 0.6 is 0 Å². The lowest BCUT2D eigenvalue weighted by Gasteiger charge is -2.11. The van der Waals surface area contributed by atoms with Crippen LogP contribution in [0.3, 0.4) is 0 Å². The fourth-order valence-corrected chi connectivity index (χ4v) is 1.48. The molecule has 1 fully saturated rings. The first kappa shape index (κ1) is 7.69. The van der Waals surface area contributed by atoms with Crippen LogP contribution in [0.2, 0.25) is 0 Å². The Balaban J connectivity index is 2.43. The van der Waals surface area contributed by atoms with E-state index in [-0.39, 0.29) is 18.1 Å². The lowest BCUT2D eigenvalue weighted by Crippen LogP contribution is -2.32. The van der Waals surface area contributed by atoms with Gasteiger partial charge in [0.1, 0.15) is 6.29 Å². The van der Waals surface area contributed by atoms with E-state index in [2.05, 4.69) is 5.32 Å². The third kappa shape index (κ3) is 1.36. The first-order chi connectivity index (χ1) is 4.77. The summed E-state index contributed by atoms with van der Waals surface area (Å²) in [5.74, 6) is 0.0625. The van der Waals surface area contributed by atoms with E-state index in [0.29, 0.717) is 6.42 Å². The summed E-state index contributed by atoms with van der Waals surface area (Å²) in [5.41, 5.74) is 0. The summed E-state index contributed by atoms with van der Waals surface area (Å²) in [6, 6.07) is 0.121. The maximum absolute atomic E-state index is 10.3. The summed E-state index contributed by atoms with van der Waals surface area (Å²) in [6.07, 6.45) is 2.00. The highest BCUT2D eigenvalue weighted by molar-refractivity contribution is 5.54. The number of aliphatic hydroxyl groups is 1. The van der Waals surface area contributed by atoms with Crippen LogP contribution in [-0.4, -0.2) is 30.6 Å². The first-order valence-corrected chi connectivity index (χ1v) is 3.58. The molecule has 0 aromatic heterocycles. The highest BCUT2D eigenvalue weighted by Crippen LogP contribution is 2.23. The van der Waals surface area contributed by atoms with E-state index in [4.69, 9.17) is 0 Å². The molecule has 2 N–H and O–H groups in total. The highest BCUT2D eigenvalue weighted by Gasteiger charge is 2.31. The van der Waals surface area contributed by atoms with Crippen molar-refractivity contribution in [3.8, 4) is 0 Å². The van der Waals surface area contributed by atoms with E-state index < -0.39 is 0 Å². The summed E-state index contributed by atoms with van der Waals surface area (Å²) >= 11 is 0. The molecular formula is C7H13NO2. The summed E-state index contributed by atoms with van der Waals surface area (Å²) in [4.78, 5) is 10.3. The van der Waals surface area contributed by atoms with E-state index in [1.807, 2.05) is 0 Å². The smallest absolute Gasteiger partial charge is 0.123 e. The molecule has 0 unspecified atom stereocenters. The normalized spacial score (nSPS) is 40.0. The van der Waals surface area contributed by atoms with Gasteiger partial charge in [-0.25, -0.2) is 0 Å². The average molecular weight is 143 g/mol. The molecule has 0 radical (unpaired) electrons. The predicted molar refractivity (Wildman–Crippen MR) is 37.6 cm³/mol. The second-order valence-corrected chi connectivity index (χ2v) is 2.83. The summed E-state index contributed by atoms with van der Waals surface area (Å²) in [6.45, 7) is 0. The molecular weight excluding hydrogens is 130 g/mol. The zero-order valence-corrected chi connectivity index (χ0v) is 6.08. The quantitative estimate of drug-likeness (QED) is 0.514. The second kappa shape index (κ2) is 3.12. The van der Waals surface area contributed by atoms with Gasteiger partial charge in [0, 0.05) is 12.0 Å². The van der Waals surface area contributed by atoms with Crippen LogP contribution in [0.4, 0.5) is 0 Å². The van der Waals surface area contributed by atoms with Crippen molar-refractivity contribution in [3.63, 3.8) is 0 Å². The van der Waals surface area contributed by atoms with Crippen LogP contribution in [0, 0.1) is 5.92 Å². The molecule has 3 atom stereocenters. The molecule has 3 nitrogen and oxygen atoms in total. The fraction of sp³-hybridized carbons (Fsp3) is 0.857. The van der Waals surface area contributed by atoms with Gasteiger partial charge in [0.15, 0.2) is 0 Å². The zero-order chi connectivity index (χ0) is 7.56. The molecule has 0 amide bonds. The molecule has 1 rings (SSSR count). The first-order valence-electron chi connectivity index (χ1n) is 3.58. The number of rotatable bonds is 2. The Kier molecular flexibility index (Phi) is 2.40. The van der Waals surface area contributed by atoms with E-state index in [9.17, 15) is 9.90 Å². The van der Waals surface area contributed by atoms with Gasteiger partial charge in [-0.2, -0.15) is 0 Å². The van der Waals surface area contributed by atoms with E-state index in [1.165, 1.54) is 0 Å². The Labute approximate surface area is 60.4 Å². The van der Waals surface area contributed by atoms with Crippen molar-refractivity contribution in [2.75, 3.05) is 7.05 Å². The van der Waals surface area contributed by atoms with Crippen molar-refractivity contribution >= 4 is 6.29 Å². The Morgan fingerprint density at radius 2 is 2.30 bits per heavy atom. The SMILES string of the molecule is CN[C@@H]1C[C@H](C=O)C[C@H]1O. The molecule has 1 aliphatic carbocycles. The number of aldehydes is 1. The van der Waals surface area contributed by atoms with Gasteiger partial charge < -0.3 is 15.2 Å². The van der Waals surface area contributed by atoms with Crippen molar-refractivity contribution < 1.29 is 9.90 Å². The molecule has 0 saturated heterocycles. The standard InChI is InChI=1S/C7H13NO2/c1-8-6-2-5(4-9)3-7(6)10/h4-8,10H,2-3H2,1H3/t5-,6+,7+/m0/s1. The molecule has 10 heavy (non-hydrogen) atoms. The zero-order valence-electron chi connectivity index (χ0n) is 6.08. The number of hydrogen-bond donors (Lipinski definition) is 2. The van der Waals surface area contributed by atoms with E-state index in [0.717, 1.165) is 12.7 Å². The minimum atomic E-state index is -0.333. The van der Waals surface area contributed by atoms with Crippen molar-refractivity contribution in [2.24, 2.45) is 5.92 Å². The molecule has 0 heterocycles. The third-order valence-electron chi connectivity index (χ3n) is 2.13. The number of hydrogen-bond acceptors (Lipinski definition) is 3. The van der Waals surface area contributed by atoms with Crippen LogP contribution < -0.4 is 5.32 Å². The molecule has 3 heteroatoms. The summed E-state index contributed by atoms with van der Waals surface area (Å²) in [7, 11) is 1.81. The largest absolute Gasteiger partial charge is 0.391 e. The minimum absolute atomic E-state index is 0.0625. The van der Waals surface area contributed by atoms with Gasteiger partial charge >= 0.3 is 0 Å². The predicted octanol–water partition coefficient (Wildman–Crippen LogP) is -0.456. The van der Waals surface area contributed by atoms with Gasteiger partial charge in [0.05, 0.1) is 6.10 Å². The number of nitrogens with one attached hydrogen (secondary N) is 1. The number of carbonyl (C=O) groups excluding carboxylic acids is 1. The van der Waals surface area contributed by atoms with Crippen LogP contribution in [0.5, 0.6) is 0 Å². The monoisotopic (exact) mass is 143 g/mol. The van der Waals surface area contributed by atoms with Crippen LogP contribution in [0.25, 0.3) is 0 Å². The number of aliphatic hydroxyl groups excluding tert-OH is 1. The Morgan fingerprint density at radius 3 is 2.60 bits per heavy atom. The molecule has 0 spiro atoms. The molecule has 0 bridgehead atoms. The molecule has 0 aromatic carbocycles. The number of carbonyl (C=O) groups is 1. The Hall–Kier alpha value is -0.410. The Bertz CT molecular complexity index is 127. The number of likely N-dealkylation sites (N-methyl/N-ethyl adjacent to an activating group) is 1. The van der Waals surface area contributed by atoms with Crippen LogP contribution in [0.15, 0.2) is 0 Å². The molecule has 0 aromatic rings. The van der Waals surface area contributed by atoms with E-state index in [1.54, 1.807) is 7.05 Å². The molecule has 0 aliphatic heterocycles. The fourth-order valence-electron chi connectivity index (χ4n) is 1.48. The van der Waals surface area contributed by atoms with Gasteiger partial charge in [-0.3, -0.25) is 0 Å². The third-order valence-corrected chi connectivity index (χ3v) is 2.13. The van der Waals surface area contributed by atoms with Gasteiger partial charge in [0.2, 0.25) is 0 Å². The van der Waals surface area contributed by atoms with Crippen molar-refractivity contribution in [1.82, 2.24) is 5.32 Å². The Morgan fingerprint density at radius 1 is 1.60 bits per heavy atom. The van der Waals surface area contributed by atoms with Crippen molar-refractivity contribution in [1.29, 1.82) is 0 Å². The summed E-state index contributed by atoms with van der Waals surface area (Å²) in [5, 5.41) is 12.2. The second-order valence-electron chi connectivity index (χ2n) is 2.83. The van der Waals surface area contributed by atoms with E-state index >= 15 is 0 Å². The minimum Gasteiger partial charge on any atom is -0.391 e. The average Bonchev–Trinajstić information content (AvgIpc) is 2.30. The summed E-state index contributed by atoms with van der Waals surface area (Å²) < 4.78 is 0. The van der Waals surface area contributed by atoms with Gasteiger partial charge in [-0.05, 0) is 19.9 Å². The lowest BCUT2D eigenvalue weighted by molar-refractivity contribution is -0.111. The highest BCUT2D eigenvalue weighted by atomic mass is 16.3. The van der Waals surface area contributed by atoms with Crippen LogP contribution in [-0.2, 0) is 4.79 Å². The van der Waals surface area contributed by atoms with Gasteiger partial charge in [-0.1, -0.05) is 0 Å². The van der Waals surface area contributed by atoms with Crippen molar-refractivity contribution in [2.45, 2.75) is 25.0 Å². The van der Waals surface area contributed by atoms with Crippen molar-refractivity contribution in [3.05, 3.63) is 0 Å². The van der Waals surface area contributed by atoms with Gasteiger partial charge in [0.25, 0.3) is 0 Å². The maximum Gasteiger partial charge on any atom is 0.123 e. The lowest BCUT2D eigenvalue weighted by atomic mass is 10.1. The van der Waals surface area contributed by atoms with Crippen LogP contribution in [0.1, 0.15) is 12.8 Å². The molecule has 1 saturated carbocycles.